The summed E-state index contributed by atoms with van der Waals surface area (Å²) in [6.45, 7) is 1.62. The van der Waals surface area contributed by atoms with Gasteiger partial charge in [0, 0.05) is 17.3 Å². The number of nitro benzene ring substituents is 1. The van der Waals surface area contributed by atoms with Crippen LogP contribution in [-0.2, 0) is 4.79 Å². The Morgan fingerprint density at radius 3 is 2.48 bits per heavy atom. The van der Waals surface area contributed by atoms with E-state index in [0.29, 0.717) is 16.8 Å². The van der Waals surface area contributed by atoms with Crippen molar-refractivity contribution in [2.24, 2.45) is 5.73 Å². The number of hydrogen-bond acceptors (Lipinski definition) is 4. The Bertz CT molecular complexity index is 671. The number of benzene rings is 2. The van der Waals surface area contributed by atoms with Gasteiger partial charge in [-0.25, -0.2) is 0 Å². The van der Waals surface area contributed by atoms with Crippen molar-refractivity contribution in [1.82, 2.24) is 0 Å². The molecule has 2 aromatic rings. The summed E-state index contributed by atoms with van der Waals surface area (Å²) in [5.74, 6) is -0.366. The first-order valence-electron chi connectivity index (χ1n) is 6.35. The highest BCUT2D eigenvalue weighted by atomic mass is 16.6. The van der Waals surface area contributed by atoms with Gasteiger partial charge in [0.25, 0.3) is 5.69 Å². The molecule has 21 heavy (non-hydrogen) atoms. The van der Waals surface area contributed by atoms with Crippen LogP contribution < -0.4 is 11.1 Å². The molecule has 0 aromatic heterocycles. The Kier molecular flexibility index (Phi) is 4.30. The van der Waals surface area contributed by atoms with Gasteiger partial charge in [0.2, 0.25) is 5.91 Å². The Morgan fingerprint density at radius 2 is 1.90 bits per heavy atom. The van der Waals surface area contributed by atoms with E-state index in [1.165, 1.54) is 12.1 Å². The molecule has 0 saturated heterocycles. The largest absolute Gasteiger partial charge is 0.324 e. The molecule has 0 radical (unpaired) electrons. The highest BCUT2D eigenvalue weighted by Gasteiger charge is 2.17. The van der Waals surface area contributed by atoms with E-state index in [4.69, 9.17) is 5.73 Å². The number of nitrogens with zero attached hydrogens (tertiary/aromatic N) is 1. The molecule has 2 rings (SSSR count). The Labute approximate surface area is 121 Å². The van der Waals surface area contributed by atoms with Crippen LogP contribution in [0.25, 0.3) is 0 Å². The number of hydrogen-bond donors (Lipinski definition) is 2. The fraction of sp³-hybridized carbons (Fsp3) is 0.133. The van der Waals surface area contributed by atoms with Gasteiger partial charge in [-0.3, -0.25) is 14.9 Å². The fourth-order valence-corrected chi connectivity index (χ4v) is 1.97. The lowest BCUT2D eigenvalue weighted by molar-refractivity contribution is -0.385. The molecule has 0 saturated carbocycles. The van der Waals surface area contributed by atoms with Crippen LogP contribution in [0.2, 0.25) is 0 Å². The second kappa shape index (κ2) is 6.15. The first-order chi connectivity index (χ1) is 9.99. The number of carbonyl (C=O) groups excluding carboxylic acids is 1. The topological polar surface area (TPSA) is 98.3 Å². The lowest BCUT2D eigenvalue weighted by Gasteiger charge is -2.13. The molecule has 108 valence electrons. The number of aryl methyl sites for hydroxylation is 1. The van der Waals surface area contributed by atoms with Gasteiger partial charge in [-0.05, 0) is 24.6 Å². The quantitative estimate of drug-likeness (QED) is 0.666. The van der Waals surface area contributed by atoms with E-state index in [0.717, 1.165) is 0 Å². The standard InChI is InChI=1S/C15H15N3O3/c1-10-9-12(7-8-13(10)18(20)21)17-15(19)14(16)11-5-3-2-4-6-11/h2-9,14H,16H2,1H3,(H,17,19)/t14-/m0/s1. The van der Waals surface area contributed by atoms with Gasteiger partial charge in [-0.15, -0.1) is 0 Å². The molecule has 1 atom stereocenters. The van der Waals surface area contributed by atoms with Crippen molar-refractivity contribution in [3.05, 3.63) is 69.8 Å². The van der Waals surface area contributed by atoms with Crippen molar-refractivity contribution >= 4 is 17.3 Å². The number of nitrogens with two attached hydrogens (primary N) is 1. The maximum absolute atomic E-state index is 12.1. The van der Waals surface area contributed by atoms with Crippen molar-refractivity contribution < 1.29 is 9.72 Å². The van der Waals surface area contributed by atoms with Crippen molar-refractivity contribution in [3.63, 3.8) is 0 Å². The maximum atomic E-state index is 12.1. The number of nitrogens with one attached hydrogen (secondary N) is 1. The maximum Gasteiger partial charge on any atom is 0.272 e. The molecule has 0 aliphatic carbocycles. The minimum absolute atomic E-state index is 0.0142. The van der Waals surface area contributed by atoms with E-state index in [1.54, 1.807) is 37.3 Å². The van der Waals surface area contributed by atoms with E-state index >= 15 is 0 Å². The predicted molar refractivity (Wildman–Crippen MR) is 79.8 cm³/mol. The lowest BCUT2D eigenvalue weighted by Crippen LogP contribution is -2.27. The van der Waals surface area contributed by atoms with E-state index in [1.807, 2.05) is 6.07 Å². The van der Waals surface area contributed by atoms with Gasteiger partial charge in [0.1, 0.15) is 6.04 Å². The van der Waals surface area contributed by atoms with Gasteiger partial charge >= 0.3 is 0 Å². The third-order valence-corrected chi connectivity index (χ3v) is 3.10. The summed E-state index contributed by atoms with van der Waals surface area (Å²) < 4.78 is 0. The van der Waals surface area contributed by atoms with Crippen LogP contribution in [0, 0.1) is 17.0 Å². The first kappa shape index (κ1) is 14.7. The summed E-state index contributed by atoms with van der Waals surface area (Å²) in [5.41, 5.74) is 7.56. The highest BCUT2D eigenvalue weighted by molar-refractivity contribution is 5.95. The van der Waals surface area contributed by atoms with E-state index in [9.17, 15) is 14.9 Å². The molecule has 0 unspecified atom stereocenters. The van der Waals surface area contributed by atoms with Crippen LogP contribution >= 0.6 is 0 Å². The molecule has 1 amide bonds. The van der Waals surface area contributed by atoms with Crippen molar-refractivity contribution in [2.75, 3.05) is 5.32 Å². The second-order valence-electron chi connectivity index (χ2n) is 4.64. The average Bonchev–Trinajstić information content (AvgIpc) is 2.47. The number of anilines is 1. The number of carbonyl (C=O) groups is 1. The summed E-state index contributed by atoms with van der Waals surface area (Å²) in [7, 11) is 0. The Hall–Kier alpha value is -2.73. The van der Waals surface area contributed by atoms with E-state index in [-0.39, 0.29) is 11.6 Å². The molecule has 6 nitrogen and oxygen atoms in total. The van der Waals surface area contributed by atoms with Crippen LogP contribution in [-0.4, -0.2) is 10.8 Å². The smallest absolute Gasteiger partial charge is 0.272 e. The summed E-state index contributed by atoms with van der Waals surface area (Å²) in [6.07, 6.45) is 0. The summed E-state index contributed by atoms with van der Waals surface area (Å²) in [5, 5.41) is 13.4. The predicted octanol–water partition coefficient (Wildman–Crippen LogP) is 2.54. The van der Waals surface area contributed by atoms with E-state index in [2.05, 4.69) is 5.32 Å². The van der Waals surface area contributed by atoms with Crippen LogP contribution in [0.4, 0.5) is 11.4 Å². The number of amides is 1. The average molecular weight is 285 g/mol. The van der Waals surface area contributed by atoms with Crippen molar-refractivity contribution in [2.45, 2.75) is 13.0 Å². The molecular weight excluding hydrogens is 270 g/mol. The second-order valence-corrected chi connectivity index (χ2v) is 4.64. The molecule has 0 aliphatic rings. The fourth-order valence-electron chi connectivity index (χ4n) is 1.97. The van der Waals surface area contributed by atoms with Crippen molar-refractivity contribution in [3.8, 4) is 0 Å². The van der Waals surface area contributed by atoms with Crippen LogP contribution in [0.5, 0.6) is 0 Å². The zero-order valence-electron chi connectivity index (χ0n) is 11.4. The third-order valence-electron chi connectivity index (χ3n) is 3.10. The molecule has 6 heteroatoms. The van der Waals surface area contributed by atoms with Gasteiger partial charge < -0.3 is 11.1 Å². The zero-order chi connectivity index (χ0) is 15.4. The van der Waals surface area contributed by atoms with E-state index < -0.39 is 11.0 Å². The molecule has 0 spiro atoms. The SMILES string of the molecule is Cc1cc(NC(=O)[C@@H](N)c2ccccc2)ccc1[N+](=O)[O-]. The summed E-state index contributed by atoms with van der Waals surface area (Å²) in [6, 6.07) is 12.6. The third kappa shape index (κ3) is 3.43. The molecule has 0 bridgehead atoms. The highest BCUT2D eigenvalue weighted by Crippen LogP contribution is 2.22. The molecule has 0 fully saturated rings. The normalized spacial score (nSPS) is 11.7. The monoisotopic (exact) mass is 285 g/mol. The number of rotatable bonds is 4. The van der Waals surface area contributed by atoms with Gasteiger partial charge in [0.05, 0.1) is 4.92 Å². The first-order valence-corrected chi connectivity index (χ1v) is 6.35. The van der Waals surface area contributed by atoms with Crippen molar-refractivity contribution in [1.29, 1.82) is 0 Å². The molecule has 2 aromatic carbocycles. The van der Waals surface area contributed by atoms with Gasteiger partial charge in [0.15, 0.2) is 0 Å². The molecule has 0 heterocycles. The molecule has 0 aliphatic heterocycles. The van der Waals surface area contributed by atoms with Gasteiger partial charge in [-0.1, -0.05) is 30.3 Å². The zero-order valence-corrected chi connectivity index (χ0v) is 11.4. The Morgan fingerprint density at radius 1 is 1.24 bits per heavy atom. The van der Waals surface area contributed by atoms with Crippen LogP contribution in [0.1, 0.15) is 17.2 Å². The summed E-state index contributed by atoms with van der Waals surface area (Å²) in [4.78, 5) is 22.4. The van der Waals surface area contributed by atoms with Gasteiger partial charge in [-0.2, -0.15) is 0 Å². The number of nitro groups is 1. The van der Waals surface area contributed by atoms with Crippen LogP contribution in [0.3, 0.4) is 0 Å². The Balaban J connectivity index is 2.13. The molecular formula is C15H15N3O3. The lowest BCUT2D eigenvalue weighted by atomic mass is 10.1. The molecule has 3 N–H and O–H groups in total. The van der Waals surface area contributed by atoms with Crippen LogP contribution in [0.15, 0.2) is 48.5 Å². The minimum Gasteiger partial charge on any atom is -0.324 e. The minimum atomic E-state index is -0.790. The summed E-state index contributed by atoms with van der Waals surface area (Å²) >= 11 is 0.